The van der Waals surface area contributed by atoms with Gasteiger partial charge in [-0.2, -0.15) is 0 Å². The van der Waals surface area contributed by atoms with Crippen molar-refractivity contribution in [2.75, 3.05) is 28.8 Å². The van der Waals surface area contributed by atoms with Gasteiger partial charge in [-0.15, -0.1) is 0 Å². The highest BCUT2D eigenvalue weighted by Crippen LogP contribution is 2.44. The fourth-order valence-electron chi connectivity index (χ4n) is 5.47. The maximum atomic E-state index is 14.1. The van der Waals surface area contributed by atoms with E-state index in [-0.39, 0.29) is 24.4 Å². The van der Waals surface area contributed by atoms with Crippen LogP contribution in [0, 0.1) is 6.92 Å². The molecule has 186 valence electrons. The van der Waals surface area contributed by atoms with Crippen molar-refractivity contribution in [3.05, 3.63) is 83.9 Å². The molecule has 6 nitrogen and oxygen atoms in total. The van der Waals surface area contributed by atoms with Gasteiger partial charge in [-0.3, -0.25) is 14.5 Å². The number of carbonyl (C=O) groups is 2. The predicted octanol–water partition coefficient (Wildman–Crippen LogP) is 5.87. The first-order valence-electron chi connectivity index (χ1n) is 12.8. The molecule has 0 spiro atoms. The van der Waals surface area contributed by atoms with Crippen LogP contribution in [-0.4, -0.2) is 31.5 Å². The maximum absolute atomic E-state index is 14.1. The Morgan fingerprint density at radius 3 is 2.47 bits per heavy atom. The molecule has 0 aromatic heterocycles. The Balaban J connectivity index is 1.49. The molecule has 1 N–H and O–H groups in total. The van der Waals surface area contributed by atoms with Gasteiger partial charge in [0.1, 0.15) is 11.8 Å². The molecule has 2 amide bonds. The van der Waals surface area contributed by atoms with E-state index in [1.807, 2.05) is 84.6 Å². The van der Waals surface area contributed by atoms with Gasteiger partial charge in [0.25, 0.3) is 5.91 Å². The molecule has 1 fully saturated rings. The van der Waals surface area contributed by atoms with Crippen molar-refractivity contribution >= 4 is 28.9 Å². The number of nitrogens with one attached hydrogen (secondary N) is 1. The van der Waals surface area contributed by atoms with Crippen LogP contribution in [0.2, 0.25) is 0 Å². The zero-order valence-corrected chi connectivity index (χ0v) is 20.9. The van der Waals surface area contributed by atoms with E-state index in [9.17, 15) is 9.59 Å². The topological polar surface area (TPSA) is 61.9 Å². The van der Waals surface area contributed by atoms with Gasteiger partial charge >= 0.3 is 0 Å². The van der Waals surface area contributed by atoms with Gasteiger partial charge in [-0.25, -0.2) is 0 Å². The molecule has 36 heavy (non-hydrogen) atoms. The number of benzene rings is 3. The van der Waals surface area contributed by atoms with E-state index in [0.717, 1.165) is 59.6 Å². The number of para-hydroxylation sites is 1. The Bertz CT molecular complexity index is 1230. The molecular weight excluding hydrogens is 450 g/mol. The van der Waals surface area contributed by atoms with E-state index in [4.69, 9.17) is 4.74 Å². The van der Waals surface area contributed by atoms with Gasteiger partial charge in [-0.1, -0.05) is 49.6 Å². The largest absolute Gasteiger partial charge is 0.497 e. The van der Waals surface area contributed by atoms with Gasteiger partial charge in [-0.05, 0) is 67.8 Å². The summed E-state index contributed by atoms with van der Waals surface area (Å²) in [5.74, 6) is 0.585. The zero-order valence-electron chi connectivity index (χ0n) is 20.9. The lowest BCUT2D eigenvalue weighted by Gasteiger charge is -2.33. The number of hydrogen-bond donors (Lipinski definition) is 1. The van der Waals surface area contributed by atoms with E-state index < -0.39 is 6.04 Å². The van der Waals surface area contributed by atoms with E-state index in [1.165, 1.54) is 6.42 Å². The van der Waals surface area contributed by atoms with Crippen LogP contribution in [0.15, 0.2) is 72.8 Å². The van der Waals surface area contributed by atoms with E-state index >= 15 is 0 Å². The second-order valence-corrected chi connectivity index (χ2v) is 9.65. The third-order valence-corrected chi connectivity index (χ3v) is 7.24. The first kappa shape index (κ1) is 23.9. The van der Waals surface area contributed by atoms with Crippen LogP contribution in [-0.2, 0) is 9.59 Å². The molecule has 1 aliphatic carbocycles. The number of rotatable bonds is 7. The molecule has 1 unspecified atom stereocenters. The van der Waals surface area contributed by atoms with Crippen LogP contribution in [0.4, 0.5) is 17.1 Å². The van der Waals surface area contributed by atoms with Gasteiger partial charge in [0, 0.05) is 28.7 Å². The first-order chi connectivity index (χ1) is 17.6. The highest BCUT2D eigenvalue weighted by molar-refractivity contribution is 6.12. The molecule has 3 aromatic carbocycles. The van der Waals surface area contributed by atoms with Crippen molar-refractivity contribution in [2.45, 2.75) is 51.1 Å². The van der Waals surface area contributed by atoms with Crippen LogP contribution in [0.1, 0.15) is 49.3 Å². The fraction of sp³-hybridized carbons (Fsp3) is 0.333. The molecule has 0 saturated heterocycles. The molecule has 1 aliphatic heterocycles. The van der Waals surface area contributed by atoms with Crippen LogP contribution in [0.3, 0.4) is 0 Å². The number of anilines is 3. The van der Waals surface area contributed by atoms with E-state index in [1.54, 1.807) is 12.0 Å². The number of carbonyl (C=O) groups excluding carboxylic acids is 2. The van der Waals surface area contributed by atoms with Crippen LogP contribution in [0.5, 0.6) is 5.75 Å². The Hall–Kier alpha value is -3.80. The molecular formula is C30H33N3O3. The third kappa shape index (κ3) is 4.68. The van der Waals surface area contributed by atoms with E-state index in [0.29, 0.717) is 0 Å². The highest BCUT2D eigenvalue weighted by Gasteiger charge is 2.45. The summed E-state index contributed by atoms with van der Waals surface area (Å²) in [6.07, 6.45) is 5.49. The number of amides is 2. The van der Waals surface area contributed by atoms with Crippen molar-refractivity contribution in [3.63, 3.8) is 0 Å². The lowest BCUT2D eigenvalue weighted by molar-refractivity contribution is -0.124. The Morgan fingerprint density at radius 1 is 1.00 bits per heavy atom. The molecule has 1 atom stereocenters. The highest BCUT2D eigenvalue weighted by atomic mass is 16.5. The monoisotopic (exact) mass is 483 g/mol. The quantitative estimate of drug-likeness (QED) is 0.457. The Kier molecular flexibility index (Phi) is 6.94. The summed E-state index contributed by atoms with van der Waals surface area (Å²) in [6, 6.07) is 22.7. The summed E-state index contributed by atoms with van der Waals surface area (Å²) in [5.41, 5.74) is 4.42. The molecule has 3 aromatic rings. The number of ether oxygens (including phenoxy) is 1. The second-order valence-electron chi connectivity index (χ2n) is 9.65. The maximum Gasteiger partial charge on any atom is 0.255 e. The minimum Gasteiger partial charge on any atom is -0.497 e. The lowest BCUT2D eigenvalue weighted by atomic mass is 9.94. The second kappa shape index (κ2) is 10.4. The molecule has 1 heterocycles. The summed E-state index contributed by atoms with van der Waals surface area (Å²) >= 11 is 0. The Labute approximate surface area is 212 Å². The van der Waals surface area contributed by atoms with Crippen molar-refractivity contribution < 1.29 is 14.3 Å². The summed E-state index contributed by atoms with van der Waals surface area (Å²) in [4.78, 5) is 31.6. The third-order valence-electron chi connectivity index (χ3n) is 7.24. The molecule has 2 aliphatic rings. The first-order valence-corrected chi connectivity index (χ1v) is 12.8. The van der Waals surface area contributed by atoms with Gasteiger partial charge < -0.3 is 15.0 Å². The van der Waals surface area contributed by atoms with Crippen LogP contribution < -0.4 is 19.9 Å². The normalized spacial score (nSPS) is 17.6. The van der Waals surface area contributed by atoms with Crippen molar-refractivity contribution in [3.8, 4) is 5.75 Å². The van der Waals surface area contributed by atoms with Crippen molar-refractivity contribution in [1.29, 1.82) is 0 Å². The average Bonchev–Trinajstić information content (AvgIpc) is 3.20. The summed E-state index contributed by atoms with van der Waals surface area (Å²) in [6.45, 7) is 2.07. The number of hydrogen-bond acceptors (Lipinski definition) is 4. The minimum atomic E-state index is -0.685. The van der Waals surface area contributed by atoms with Crippen molar-refractivity contribution in [1.82, 2.24) is 0 Å². The molecule has 1 saturated carbocycles. The van der Waals surface area contributed by atoms with Gasteiger partial charge in [0.2, 0.25) is 5.91 Å². The summed E-state index contributed by atoms with van der Waals surface area (Å²) in [7, 11) is 1.62. The summed E-state index contributed by atoms with van der Waals surface area (Å²) < 4.78 is 5.23. The zero-order chi connectivity index (χ0) is 25.1. The van der Waals surface area contributed by atoms with Crippen LogP contribution in [0.25, 0.3) is 0 Å². The number of methoxy groups -OCH3 is 1. The van der Waals surface area contributed by atoms with Crippen molar-refractivity contribution in [2.24, 2.45) is 0 Å². The molecule has 6 heteroatoms. The smallest absolute Gasteiger partial charge is 0.255 e. The van der Waals surface area contributed by atoms with Gasteiger partial charge in [0.05, 0.1) is 13.7 Å². The van der Waals surface area contributed by atoms with Gasteiger partial charge in [0.15, 0.2) is 0 Å². The fourth-order valence-corrected chi connectivity index (χ4v) is 5.47. The minimum absolute atomic E-state index is 0.0117. The van der Waals surface area contributed by atoms with E-state index in [2.05, 4.69) is 5.32 Å². The number of aryl methyl sites for hydroxylation is 1. The lowest BCUT2D eigenvalue weighted by Crippen LogP contribution is -2.46. The molecule has 0 bridgehead atoms. The number of nitrogens with zero attached hydrogens (tertiary/aromatic N) is 2. The molecule has 5 rings (SSSR count). The summed E-state index contributed by atoms with van der Waals surface area (Å²) in [5, 5.41) is 3.23. The standard InChI is InChI=1S/C30H33N3O3/c1-21-9-8-12-24(19-21)33(28(34)20-31-22-15-17-25(36-2)18-16-22)29-26-13-6-7-14-27(26)32(30(29)35)23-10-4-3-5-11-23/h6-9,12-19,23,29,31H,3-5,10-11,20H2,1-2H3. The number of fused-ring (bicyclic) bond motifs is 1. The SMILES string of the molecule is COc1ccc(NCC(=O)N(c2cccc(C)c2)C2C(=O)N(C3CCCCC3)c3ccccc32)cc1. The molecule has 0 radical (unpaired) electrons. The average molecular weight is 484 g/mol. The predicted molar refractivity (Wildman–Crippen MR) is 144 cm³/mol. The Morgan fingerprint density at radius 2 is 1.75 bits per heavy atom. The van der Waals surface area contributed by atoms with Crippen LogP contribution >= 0.6 is 0 Å².